The van der Waals surface area contributed by atoms with Crippen LogP contribution in [0, 0.1) is 18.8 Å². The molecule has 0 aliphatic heterocycles. The average molecular weight is 305 g/mol. The molecule has 2 aromatic rings. The zero-order chi connectivity index (χ0) is 12.3. The molecule has 3 unspecified atom stereocenters. The molecule has 3 heteroatoms. The van der Waals surface area contributed by atoms with Crippen molar-refractivity contribution in [3.8, 4) is 0 Å². The molecule has 2 heterocycles. The van der Waals surface area contributed by atoms with E-state index in [1.54, 1.807) is 0 Å². The summed E-state index contributed by atoms with van der Waals surface area (Å²) in [5, 5.41) is 0. The van der Waals surface area contributed by atoms with Gasteiger partial charge in [-0.1, -0.05) is 12.5 Å². The third-order valence-electron chi connectivity index (χ3n) is 4.82. The lowest BCUT2D eigenvalue weighted by atomic mass is 9.87. The molecular formula is C15H17BrN2. The van der Waals surface area contributed by atoms with Gasteiger partial charge in [0.15, 0.2) is 0 Å². The first-order valence-electron chi connectivity index (χ1n) is 6.86. The van der Waals surface area contributed by atoms with Crippen molar-refractivity contribution in [3.63, 3.8) is 0 Å². The van der Waals surface area contributed by atoms with Crippen molar-refractivity contribution in [1.29, 1.82) is 0 Å². The van der Waals surface area contributed by atoms with Gasteiger partial charge in [0.1, 0.15) is 10.3 Å². The minimum atomic E-state index is 0.693. The van der Waals surface area contributed by atoms with E-state index in [1.165, 1.54) is 41.5 Å². The Balaban J connectivity index is 1.83. The fourth-order valence-corrected chi connectivity index (χ4v) is 4.62. The van der Waals surface area contributed by atoms with Crippen LogP contribution in [0.4, 0.5) is 0 Å². The number of hydrogen-bond acceptors (Lipinski definition) is 1. The Labute approximate surface area is 116 Å². The van der Waals surface area contributed by atoms with Crippen molar-refractivity contribution in [1.82, 2.24) is 9.38 Å². The Bertz CT molecular complexity index is 616. The molecule has 2 fully saturated rings. The van der Waals surface area contributed by atoms with Crippen molar-refractivity contribution < 1.29 is 0 Å². The van der Waals surface area contributed by atoms with Gasteiger partial charge in [0, 0.05) is 12.1 Å². The molecule has 18 heavy (non-hydrogen) atoms. The van der Waals surface area contributed by atoms with Crippen LogP contribution in [0.25, 0.3) is 5.65 Å². The van der Waals surface area contributed by atoms with Gasteiger partial charge in [-0.05, 0) is 65.6 Å². The molecule has 2 nitrogen and oxygen atoms in total. The van der Waals surface area contributed by atoms with Gasteiger partial charge in [0.2, 0.25) is 0 Å². The summed E-state index contributed by atoms with van der Waals surface area (Å²) in [7, 11) is 0. The zero-order valence-electron chi connectivity index (χ0n) is 10.6. The van der Waals surface area contributed by atoms with E-state index in [2.05, 4.69) is 45.6 Å². The summed E-state index contributed by atoms with van der Waals surface area (Å²) in [5.41, 5.74) is 3.65. The number of aryl methyl sites for hydroxylation is 1. The Morgan fingerprint density at radius 3 is 2.89 bits per heavy atom. The minimum Gasteiger partial charge on any atom is -0.294 e. The minimum absolute atomic E-state index is 0.693. The lowest BCUT2D eigenvalue weighted by Gasteiger charge is -2.19. The summed E-state index contributed by atoms with van der Waals surface area (Å²) in [4.78, 5) is 4.87. The maximum Gasteiger partial charge on any atom is 0.137 e. The first-order valence-corrected chi connectivity index (χ1v) is 7.66. The summed E-state index contributed by atoms with van der Waals surface area (Å²) >= 11 is 3.77. The molecule has 2 aliphatic carbocycles. The first kappa shape index (κ1) is 11.0. The third kappa shape index (κ3) is 1.49. The van der Waals surface area contributed by atoms with Crippen molar-refractivity contribution in [2.24, 2.45) is 11.8 Å². The van der Waals surface area contributed by atoms with E-state index in [9.17, 15) is 0 Å². The highest BCUT2D eigenvalue weighted by Gasteiger charge is 2.42. The predicted octanol–water partition coefficient (Wildman–Crippen LogP) is 4.31. The molecule has 94 valence electrons. The van der Waals surface area contributed by atoms with E-state index in [4.69, 9.17) is 4.98 Å². The van der Waals surface area contributed by atoms with E-state index in [1.807, 2.05) is 0 Å². The van der Waals surface area contributed by atoms with Gasteiger partial charge >= 0.3 is 0 Å². The number of imidazole rings is 1. The molecule has 0 aromatic carbocycles. The Kier molecular flexibility index (Phi) is 2.35. The summed E-state index contributed by atoms with van der Waals surface area (Å²) < 4.78 is 3.37. The second-order valence-corrected chi connectivity index (χ2v) is 6.75. The van der Waals surface area contributed by atoms with E-state index in [0.29, 0.717) is 5.92 Å². The van der Waals surface area contributed by atoms with Gasteiger partial charge in [-0.15, -0.1) is 0 Å². The fraction of sp³-hybridized carbons (Fsp3) is 0.533. The number of pyridine rings is 1. The number of aromatic nitrogens is 2. The number of rotatable bonds is 1. The molecule has 0 saturated heterocycles. The first-order chi connectivity index (χ1) is 8.72. The van der Waals surface area contributed by atoms with Crippen molar-refractivity contribution in [3.05, 3.63) is 34.2 Å². The van der Waals surface area contributed by atoms with E-state index < -0.39 is 0 Å². The van der Waals surface area contributed by atoms with Crippen LogP contribution in [0.5, 0.6) is 0 Å². The monoisotopic (exact) mass is 304 g/mol. The van der Waals surface area contributed by atoms with Crippen molar-refractivity contribution in [2.45, 2.75) is 38.5 Å². The number of halogens is 1. The van der Waals surface area contributed by atoms with Gasteiger partial charge in [-0.2, -0.15) is 0 Å². The van der Waals surface area contributed by atoms with Crippen LogP contribution in [0.2, 0.25) is 0 Å². The van der Waals surface area contributed by atoms with E-state index >= 15 is 0 Å². The smallest absolute Gasteiger partial charge is 0.137 e. The standard InChI is InChI=1S/C15H17BrN2/c1-9-2-5-13-17-14(15(16)18(13)8-9)12-7-10-3-4-11(12)6-10/h2,5,8,10-12H,3-4,6-7H2,1H3. The van der Waals surface area contributed by atoms with Crippen molar-refractivity contribution >= 4 is 21.6 Å². The number of nitrogens with zero attached hydrogens (tertiary/aromatic N) is 2. The lowest BCUT2D eigenvalue weighted by molar-refractivity contribution is 0.413. The van der Waals surface area contributed by atoms with Crippen LogP contribution < -0.4 is 0 Å². The highest BCUT2D eigenvalue weighted by molar-refractivity contribution is 9.10. The fourth-order valence-electron chi connectivity index (χ4n) is 3.96. The van der Waals surface area contributed by atoms with Gasteiger partial charge in [-0.3, -0.25) is 4.40 Å². The number of fused-ring (bicyclic) bond motifs is 3. The van der Waals surface area contributed by atoms with Crippen LogP contribution in [0.1, 0.15) is 42.9 Å². The normalized spacial score (nSPS) is 30.4. The SMILES string of the molecule is Cc1ccc2nc(C3CC4CCC3C4)c(Br)n2c1. The zero-order valence-corrected chi connectivity index (χ0v) is 12.2. The Morgan fingerprint density at radius 2 is 2.17 bits per heavy atom. The van der Waals surface area contributed by atoms with Gasteiger partial charge in [0.25, 0.3) is 0 Å². The Hall–Kier alpha value is -0.830. The van der Waals surface area contributed by atoms with Gasteiger partial charge in [-0.25, -0.2) is 4.98 Å². The topological polar surface area (TPSA) is 17.3 Å². The Morgan fingerprint density at radius 1 is 1.28 bits per heavy atom. The maximum atomic E-state index is 4.87. The quantitative estimate of drug-likeness (QED) is 0.767. The highest BCUT2D eigenvalue weighted by Crippen LogP contribution is 2.53. The molecule has 3 atom stereocenters. The van der Waals surface area contributed by atoms with Crippen LogP contribution in [0.15, 0.2) is 22.9 Å². The third-order valence-corrected chi connectivity index (χ3v) is 5.61. The maximum absolute atomic E-state index is 4.87. The molecule has 2 aliphatic rings. The average Bonchev–Trinajstić information content (AvgIpc) is 3.04. The molecular weight excluding hydrogens is 288 g/mol. The summed E-state index contributed by atoms with van der Waals surface area (Å²) in [6.07, 6.45) is 7.82. The van der Waals surface area contributed by atoms with Crippen LogP contribution in [-0.2, 0) is 0 Å². The molecule has 2 aromatic heterocycles. The van der Waals surface area contributed by atoms with Gasteiger partial charge in [0.05, 0.1) is 5.69 Å². The molecule has 2 saturated carbocycles. The molecule has 4 rings (SSSR count). The molecule has 2 bridgehead atoms. The summed E-state index contributed by atoms with van der Waals surface area (Å²) in [6, 6.07) is 4.26. The number of hydrogen-bond donors (Lipinski definition) is 0. The summed E-state index contributed by atoms with van der Waals surface area (Å²) in [6.45, 7) is 2.13. The highest BCUT2D eigenvalue weighted by atomic mass is 79.9. The lowest BCUT2D eigenvalue weighted by Crippen LogP contribution is -2.09. The van der Waals surface area contributed by atoms with Crippen LogP contribution in [-0.4, -0.2) is 9.38 Å². The molecule has 0 radical (unpaired) electrons. The van der Waals surface area contributed by atoms with Crippen molar-refractivity contribution in [2.75, 3.05) is 0 Å². The molecule has 0 N–H and O–H groups in total. The van der Waals surface area contributed by atoms with Gasteiger partial charge < -0.3 is 0 Å². The van der Waals surface area contributed by atoms with Crippen LogP contribution >= 0.6 is 15.9 Å². The van der Waals surface area contributed by atoms with E-state index in [0.717, 1.165) is 17.5 Å². The predicted molar refractivity (Wildman–Crippen MR) is 75.8 cm³/mol. The molecule has 0 spiro atoms. The van der Waals surface area contributed by atoms with Crippen LogP contribution in [0.3, 0.4) is 0 Å². The van der Waals surface area contributed by atoms with E-state index in [-0.39, 0.29) is 0 Å². The molecule has 0 amide bonds. The largest absolute Gasteiger partial charge is 0.294 e. The summed E-state index contributed by atoms with van der Waals surface area (Å²) in [5.74, 6) is 2.55. The second kappa shape index (κ2) is 3.83. The second-order valence-electron chi connectivity index (χ2n) is 6.00.